The highest BCUT2D eigenvalue weighted by atomic mass is 15.2. The predicted molar refractivity (Wildman–Crippen MR) is 80.0 cm³/mol. The van der Waals surface area contributed by atoms with Crippen LogP contribution in [0.1, 0.15) is 11.1 Å². The highest BCUT2D eigenvalue weighted by Gasteiger charge is 2.05. The number of hydrogen-bond donors (Lipinski definition) is 2. The summed E-state index contributed by atoms with van der Waals surface area (Å²) in [6.45, 7) is 4.11. The molecule has 0 radical (unpaired) electrons. The molecule has 2 aromatic rings. The van der Waals surface area contributed by atoms with Gasteiger partial charge in [-0.05, 0) is 37.1 Å². The Labute approximate surface area is 113 Å². The number of benzene rings is 1. The Morgan fingerprint density at radius 2 is 1.74 bits per heavy atom. The zero-order valence-corrected chi connectivity index (χ0v) is 11.7. The molecule has 0 saturated carbocycles. The number of aromatic nitrogens is 2. The van der Waals surface area contributed by atoms with Gasteiger partial charge in [-0.2, -0.15) is 0 Å². The smallest absolute Gasteiger partial charge is 0.135 e. The van der Waals surface area contributed by atoms with Gasteiger partial charge in [0.1, 0.15) is 18.0 Å². The van der Waals surface area contributed by atoms with Crippen LogP contribution >= 0.6 is 0 Å². The van der Waals surface area contributed by atoms with Gasteiger partial charge in [-0.25, -0.2) is 9.97 Å². The lowest BCUT2D eigenvalue weighted by molar-refractivity contribution is 1.04. The number of rotatable bonds is 3. The number of aryl methyl sites for hydroxylation is 2. The van der Waals surface area contributed by atoms with E-state index in [4.69, 9.17) is 5.73 Å². The summed E-state index contributed by atoms with van der Waals surface area (Å²) in [4.78, 5) is 10.3. The van der Waals surface area contributed by atoms with Crippen molar-refractivity contribution in [1.82, 2.24) is 9.97 Å². The first-order chi connectivity index (χ1) is 8.97. The second kappa shape index (κ2) is 5.14. The summed E-state index contributed by atoms with van der Waals surface area (Å²) in [6.07, 6.45) is 1.54. The highest BCUT2D eigenvalue weighted by molar-refractivity contribution is 5.73. The van der Waals surface area contributed by atoms with Crippen molar-refractivity contribution in [3.63, 3.8) is 0 Å². The molecule has 1 heterocycles. The van der Waals surface area contributed by atoms with E-state index in [2.05, 4.69) is 22.2 Å². The molecule has 0 saturated heterocycles. The highest BCUT2D eigenvalue weighted by Crippen LogP contribution is 2.26. The summed E-state index contributed by atoms with van der Waals surface area (Å²) in [5.74, 6) is 1.58. The van der Waals surface area contributed by atoms with Crippen LogP contribution in [0.4, 0.5) is 23.0 Å². The summed E-state index contributed by atoms with van der Waals surface area (Å²) in [5.41, 5.74) is 9.98. The minimum absolute atomic E-state index is 0.716. The molecule has 0 bridgehead atoms. The van der Waals surface area contributed by atoms with Crippen molar-refractivity contribution >= 4 is 23.0 Å². The molecule has 1 aromatic carbocycles. The van der Waals surface area contributed by atoms with Gasteiger partial charge in [0.05, 0.1) is 11.4 Å². The quantitative estimate of drug-likeness (QED) is 0.827. The molecule has 3 N–H and O–H groups in total. The molecule has 0 unspecified atom stereocenters. The topological polar surface area (TPSA) is 67.1 Å². The number of nitrogens with zero attached hydrogens (tertiary/aromatic N) is 3. The number of nitrogen functional groups attached to an aromatic ring is 1. The van der Waals surface area contributed by atoms with Gasteiger partial charge < -0.3 is 16.0 Å². The number of anilines is 4. The van der Waals surface area contributed by atoms with Gasteiger partial charge in [-0.1, -0.05) is 0 Å². The van der Waals surface area contributed by atoms with Gasteiger partial charge in [0.15, 0.2) is 0 Å². The van der Waals surface area contributed by atoms with Crippen molar-refractivity contribution < 1.29 is 0 Å². The van der Waals surface area contributed by atoms with Crippen LogP contribution in [0.2, 0.25) is 0 Å². The van der Waals surface area contributed by atoms with Crippen LogP contribution in [0.25, 0.3) is 0 Å². The van der Waals surface area contributed by atoms with Crippen molar-refractivity contribution in [3.8, 4) is 0 Å². The monoisotopic (exact) mass is 257 g/mol. The Morgan fingerprint density at radius 3 is 2.42 bits per heavy atom. The van der Waals surface area contributed by atoms with Crippen LogP contribution in [-0.2, 0) is 0 Å². The maximum atomic E-state index is 6.02. The number of nitrogens with one attached hydrogen (secondary N) is 1. The first-order valence-electron chi connectivity index (χ1n) is 6.10. The molecule has 5 nitrogen and oxygen atoms in total. The molecule has 1 aromatic heterocycles. The molecule has 2 rings (SSSR count). The summed E-state index contributed by atoms with van der Waals surface area (Å²) in [5, 5.41) is 3.23. The predicted octanol–water partition coefficient (Wildman–Crippen LogP) is 2.49. The largest absolute Gasteiger partial charge is 0.397 e. The van der Waals surface area contributed by atoms with Crippen LogP contribution in [0.5, 0.6) is 0 Å². The van der Waals surface area contributed by atoms with Crippen molar-refractivity contribution in [2.24, 2.45) is 0 Å². The molecule has 19 heavy (non-hydrogen) atoms. The Balaban J connectivity index is 2.31. The Morgan fingerprint density at radius 1 is 1.05 bits per heavy atom. The second-order valence-electron chi connectivity index (χ2n) is 4.80. The maximum absolute atomic E-state index is 6.02. The molecule has 0 fully saturated rings. The third-order valence-electron chi connectivity index (χ3n) is 3.04. The van der Waals surface area contributed by atoms with Gasteiger partial charge >= 0.3 is 0 Å². The van der Waals surface area contributed by atoms with Crippen molar-refractivity contribution in [3.05, 3.63) is 35.7 Å². The summed E-state index contributed by atoms with van der Waals surface area (Å²) < 4.78 is 0. The van der Waals surface area contributed by atoms with Gasteiger partial charge in [-0.3, -0.25) is 0 Å². The summed E-state index contributed by atoms with van der Waals surface area (Å²) >= 11 is 0. The lowest BCUT2D eigenvalue weighted by Crippen LogP contribution is -2.11. The fourth-order valence-electron chi connectivity index (χ4n) is 1.74. The van der Waals surface area contributed by atoms with E-state index in [1.165, 1.54) is 17.5 Å². The minimum atomic E-state index is 0.716. The lowest BCUT2D eigenvalue weighted by atomic mass is 10.1. The Kier molecular flexibility index (Phi) is 3.55. The SMILES string of the molecule is Cc1cc(N)c(Nc2cc(N(C)C)ncn2)cc1C. The molecule has 0 amide bonds. The van der Waals surface area contributed by atoms with Gasteiger partial charge in [0.25, 0.3) is 0 Å². The van der Waals surface area contributed by atoms with E-state index in [9.17, 15) is 0 Å². The van der Waals surface area contributed by atoms with E-state index in [1.807, 2.05) is 44.1 Å². The average molecular weight is 257 g/mol. The third-order valence-corrected chi connectivity index (χ3v) is 3.04. The van der Waals surface area contributed by atoms with Gasteiger partial charge in [0, 0.05) is 20.2 Å². The lowest BCUT2D eigenvalue weighted by Gasteiger charge is -2.14. The summed E-state index contributed by atoms with van der Waals surface area (Å²) in [7, 11) is 3.88. The van der Waals surface area contributed by atoms with E-state index in [-0.39, 0.29) is 0 Å². The molecule has 0 atom stereocenters. The summed E-state index contributed by atoms with van der Waals surface area (Å²) in [6, 6.07) is 5.88. The Bertz CT molecular complexity index is 592. The second-order valence-corrected chi connectivity index (χ2v) is 4.80. The van der Waals surface area contributed by atoms with Gasteiger partial charge in [-0.15, -0.1) is 0 Å². The zero-order chi connectivity index (χ0) is 14.0. The zero-order valence-electron chi connectivity index (χ0n) is 11.7. The van der Waals surface area contributed by atoms with Crippen LogP contribution in [0.15, 0.2) is 24.5 Å². The van der Waals surface area contributed by atoms with Crippen LogP contribution in [0.3, 0.4) is 0 Å². The third kappa shape index (κ3) is 2.93. The molecule has 0 aliphatic carbocycles. The fourth-order valence-corrected chi connectivity index (χ4v) is 1.74. The molecule has 0 spiro atoms. The van der Waals surface area contributed by atoms with Crippen LogP contribution < -0.4 is 16.0 Å². The number of nitrogens with two attached hydrogens (primary N) is 1. The van der Waals surface area contributed by atoms with E-state index in [0.717, 1.165) is 17.3 Å². The molecule has 0 aliphatic rings. The van der Waals surface area contributed by atoms with Gasteiger partial charge in [0.2, 0.25) is 0 Å². The number of hydrogen-bond acceptors (Lipinski definition) is 5. The first-order valence-corrected chi connectivity index (χ1v) is 6.10. The fraction of sp³-hybridized carbons (Fsp3) is 0.286. The van der Waals surface area contributed by atoms with Crippen molar-refractivity contribution in [1.29, 1.82) is 0 Å². The normalized spacial score (nSPS) is 10.3. The standard InChI is InChI=1S/C14H19N5/c1-9-5-11(15)12(6-10(9)2)18-13-7-14(19(3)4)17-8-16-13/h5-8H,15H2,1-4H3,(H,16,17,18). The van der Waals surface area contributed by atoms with E-state index in [1.54, 1.807) is 0 Å². The first kappa shape index (κ1) is 13.1. The van der Waals surface area contributed by atoms with Crippen molar-refractivity contribution in [2.45, 2.75) is 13.8 Å². The van der Waals surface area contributed by atoms with E-state index < -0.39 is 0 Å². The molecule has 0 aliphatic heterocycles. The molecular weight excluding hydrogens is 238 g/mol. The van der Waals surface area contributed by atoms with E-state index >= 15 is 0 Å². The molecule has 5 heteroatoms. The molecule has 100 valence electrons. The van der Waals surface area contributed by atoms with E-state index in [0.29, 0.717) is 5.69 Å². The van der Waals surface area contributed by atoms with Crippen molar-refractivity contribution in [2.75, 3.05) is 30.0 Å². The average Bonchev–Trinajstić information content (AvgIpc) is 2.36. The minimum Gasteiger partial charge on any atom is -0.397 e. The molecular formula is C14H19N5. The maximum Gasteiger partial charge on any atom is 0.135 e. The van der Waals surface area contributed by atoms with Crippen LogP contribution in [0, 0.1) is 13.8 Å². The van der Waals surface area contributed by atoms with Crippen LogP contribution in [-0.4, -0.2) is 24.1 Å². The Hall–Kier alpha value is -2.30.